The van der Waals surface area contributed by atoms with E-state index in [0.29, 0.717) is 23.7 Å². The number of piperazine rings is 1. The van der Waals surface area contributed by atoms with Gasteiger partial charge in [0.2, 0.25) is 10.0 Å². The van der Waals surface area contributed by atoms with Gasteiger partial charge in [0.15, 0.2) is 0 Å². The average Bonchev–Trinajstić information content (AvgIpc) is 2.57. The highest BCUT2D eigenvalue weighted by Crippen LogP contribution is 2.24. The van der Waals surface area contributed by atoms with E-state index in [1.54, 1.807) is 28.6 Å². The zero-order valence-electron chi connectivity index (χ0n) is 13.1. The van der Waals surface area contributed by atoms with E-state index in [2.05, 4.69) is 4.90 Å². The molecular weight excluding hydrogens is 312 g/mol. The summed E-state index contributed by atoms with van der Waals surface area (Å²) in [6.45, 7) is 2.57. The van der Waals surface area contributed by atoms with Crippen LogP contribution in [0.2, 0.25) is 0 Å². The molecule has 122 valence electrons. The molecule has 1 saturated heterocycles. The molecule has 23 heavy (non-hydrogen) atoms. The number of likely N-dealkylation sites (N-methyl/N-ethyl adjacent to an activating group) is 1. The van der Waals surface area contributed by atoms with Crippen molar-refractivity contribution < 1.29 is 13.2 Å². The average molecular weight is 332 g/mol. The summed E-state index contributed by atoms with van der Waals surface area (Å²) in [7, 11) is -1.42. The van der Waals surface area contributed by atoms with Crippen molar-refractivity contribution in [3.05, 3.63) is 54.6 Å². The van der Waals surface area contributed by atoms with Crippen molar-refractivity contribution in [3.8, 4) is 11.5 Å². The fraction of sp³-hybridized carbons (Fsp3) is 0.294. The molecule has 1 heterocycles. The normalized spacial score (nSPS) is 17.1. The first-order valence-corrected chi connectivity index (χ1v) is 9.01. The summed E-state index contributed by atoms with van der Waals surface area (Å²) >= 11 is 0. The molecule has 1 fully saturated rings. The van der Waals surface area contributed by atoms with Gasteiger partial charge in [-0.15, -0.1) is 0 Å². The zero-order valence-corrected chi connectivity index (χ0v) is 13.9. The molecule has 5 nitrogen and oxygen atoms in total. The van der Waals surface area contributed by atoms with E-state index in [0.717, 1.165) is 18.8 Å². The molecule has 0 amide bonds. The number of rotatable bonds is 4. The van der Waals surface area contributed by atoms with Gasteiger partial charge in [-0.2, -0.15) is 4.31 Å². The molecule has 0 aliphatic carbocycles. The van der Waals surface area contributed by atoms with Gasteiger partial charge in [0.1, 0.15) is 11.5 Å². The van der Waals surface area contributed by atoms with Gasteiger partial charge in [0.25, 0.3) is 0 Å². The Labute approximate surface area is 137 Å². The lowest BCUT2D eigenvalue weighted by atomic mass is 10.3. The predicted molar refractivity (Wildman–Crippen MR) is 89.2 cm³/mol. The maximum Gasteiger partial charge on any atom is 0.243 e. The molecule has 0 bridgehead atoms. The molecule has 0 radical (unpaired) electrons. The number of benzene rings is 2. The summed E-state index contributed by atoms with van der Waals surface area (Å²) < 4.78 is 32.5. The highest BCUT2D eigenvalue weighted by atomic mass is 32.2. The van der Waals surface area contributed by atoms with E-state index in [1.165, 1.54) is 0 Å². The number of hydrogen-bond acceptors (Lipinski definition) is 4. The molecular formula is C17H20N2O3S. The Morgan fingerprint density at radius 2 is 1.39 bits per heavy atom. The van der Waals surface area contributed by atoms with E-state index in [9.17, 15) is 8.42 Å². The smallest absolute Gasteiger partial charge is 0.243 e. The van der Waals surface area contributed by atoms with Crippen LogP contribution in [0, 0.1) is 0 Å². The van der Waals surface area contributed by atoms with E-state index in [-0.39, 0.29) is 0 Å². The minimum Gasteiger partial charge on any atom is -0.457 e. The Bertz CT molecular complexity index is 737. The quantitative estimate of drug-likeness (QED) is 0.863. The van der Waals surface area contributed by atoms with Crippen molar-refractivity contribution in [2.24, 2.45) is 0 Å². The van der Waals surface area contributed by atoms with Crippen molar-refractivity contribution in [2.75, 3.05) is 33.2 Å². The van der Waals surface area contributed by atoms with E-state index in [1.807, 2.05) is 37.4 Å². The van der Waals surface area contributed by atoms with Crippen LogP contribution in [-0.2, 0) is 10.0 Å². The highest BCUT2D eigenvalue weighted by Gasteiger charge is 2.27. The second-order valence-corrected chi connectivity index (χ2v) is 7.53. The highest BCUT2D eigenvalue weighted by molar-refractivity contribution is 7.89. The Morgan fingerprint density at radius 3 is 2.00 bits per heavy atom. The molecule has 3 rings (SSSR count). The fourth-order valence-corrected chi connectivity index (χ4v) is 3.90. The maximum atomic E-state index is 12.6. The van der Waals surface area contributed by atoms with E-state index in [4.69, 9.17) is 4.74 Å². The van der Waals surface area contributed by atoms with Crippen LogP contribution < -0.4 is 4.74 Å². The number of sulfonamides is 1. The number of ether oxygens (including phenoxy) is 1. The number of para-hydroxylation sites is 1. The first kappa shape index (κ1) is 16.0. The minimum atomic E-state index is -3.42. The summed E-state index contributed by atoms with van der Waals surface area (Å²) in [5.74, 6) is 1.34. The Balaban J connectivity index is 1.73. The van der Waals surface area contributed by atoms with E-state index >= 15 is 0 Å². The van der Waals surface area contributed by atoms with Crippen LogP contribution in [0.4, 0.5) is 0 Å². The van der Waals surface area contributed by atoms with Crippen LogP contribution >= 0.6 is 0 Å². The van der Waals surface area contributed by atoms with Crippen molar-refractivity contribution in [1.29, 1.82) is 0 Å². The second kappa shape index (κ2) is 6.70. The van der Waals surface area contributed by atoms with Crippen LogP contribution in [0.25, 0.3) is 0 Å². The third-order valence-electron chi connectivity index (χ3n) is 3.90. The molecule has 0 aromatic heterocycles. The Hall–Kier alpha value is -1.89. The lowest BCUT2D eigenvalue weighted by Gasteiger charge is -2.31. The van der Waals surface area contributed by atoms with Crippen LogP contribution in [0.5, 0.6) is 11.5 Å². The molecule has 0 spiro atoms. The number of hydrogen-bond donors (Lipinski definition) is 0. The molecule has 0 N–H and O–H groups in total. The molecule has 0 saturated carbocycles. The van der Waals surface area contributed by atoms with Gasteiger partial charge < -0.3 is 9.64 Å². The lowest BCUT2D eigenvalue weighted by molar-refractivity contribution is 0.222. The van der Waals surface area contributed by atoms with Crippen LogP contribution in [0.15, 0.2) is 59.5 Å². The number of nitrogens with zero attached hydrogens (tertiary/aromatic N) is 2. The zero-order chi connectivity index (χ0) is 16.3. The summed E-state index contributed by atoms with van der Waals surface area (Å²) in [5, 5.41) is 0. The molecule has 6 heteroatoms. The van der Waals surface area contributed by atoms with Gasteiger partial charge in [0.05, 0.1) is 4.90 Å². The molecule has 2 aromatic rings. The van der Waals surface area contributed by atoms with Crippen molar-refractivity contribution >= 4 is 10.0 Å². The van der Waals surface area contributed by atoms with Crippen LogP contribution in [0.1, 0.15) is 0 Å². The molecule has 1 aliphatic heterocycles. The summed E-state index contributed by atoms with van der Waals surface area (Å²) in [6.07, 6.45) is 0. The first-order valence-electron chi connectivity index (χ1n) is 7.57. The van der Waals surface area contributed by atoms with Crippen LogP contribution in [0.3, 0.4) is 0 Å². The van der Waals surface area contributed by atoms with Crippen molar-refractivity contribution in [3.63, 3.8) is 0 Å². The van der Waals surface area contributed by atoms with Crippen molar-refractivity contribution in [1.82, 2.24) is 9.21 Å². The van der Waals surface area contributed by atoms with Gasteiger partial charge in [-0.1, -0.05) is 18.2 Å². The topological polar surface area (TPSA) is 49.9 Å². The fourth-order valence-electron chi connectivity index (χ4n) is 2.48. The summed E-state index contributed by atoms with van der Waals surface area (Å²) in [4.78, 5) is 2.44. The second-order valence-electron chi connectivity index (χ2n) is 5.59. The lowest BCUT2D eigenvalue weighted by Crippen LogP contribution is -2.46. The summed E-state index contributed by atoms with van der Waals surface area (Å²) in [6, 6.07) is 16.0. The maximum absolute atomic E-state index is 12.6. The van der Waals surface area contributed by atoms with Gasteiger partial charge in [-0.3, -0.25) is 0 Å². The van der Waals surface area contributed by atoms with Gasteiger partial charge >= 0.3 is 0 Å². The van der Waals surface area contributed by atoms with Gasteiger partial charge in [-0.05, 0) is 43.4 Å². The Morgan fingerprint density at radius 1 is 0.826 bits per heavy atom. The largest absolute Gasteiger partial charge is 0.457 e. The predicted octanol–water partition coefficient (Wildman–Crippen LogP) is 2.42. The SMILES string of the molecule is CN1CCN(S(=O)(=O)c2ccc(Oc3ccccc3)cc2)CC1. The molecule has 1 aliphatic rings. The first-order chi connectivity index (χ1) is 11.1. The van der Waals surface area contributed by atoms with E-state index < -0.39 is 10.0 Å². The molecule has 0 atom stereocenters. The minimum absolute atomic E-state index is 0.308. The standard InChI is InChI=1S/C17H20N2O3S/c1-18-11-13-19(14-12-18)23(20,21)17-9-7-16(8-10-17)22-15-5-3-2-4-6-15/h2-10H,11-14H2,1H3. The van der Waals surface area contributed by atoms with Crippen LogP contribution in [-0.4, -0.2) is 50.8 Å². The Kier molecular flexibility index (Phi) is 4.66. The van der Waals surface area contributed by atoms with Gasteiger partial charge in [-0.25, -0.2) is 8.42 Å². The summed E-state index contributed by atoms with van der Waals surface area (Å²) in [5.41, 5.74) is 0. The molecule has 0 unspecified atom stereocenters. The molecule has 2 aromatic carbocycles. The third kappa shape index (κ3) is 3.72. The monoisotopic (exact) mass is 332 g/mol. The van der Waals surface area contributed by atoms with Crippen molar-refractivity contribution in [2.45, 2.75) is 4.90 Å². The third-order valence-corrected chi connectivity index (χ3v) is 5.82. The van der Waals surface area contributed by atoms with Gasteiger partial charge in [0, 0.05) is 26.2 Å².